The van der Waals surface area contributed by atoms with Crippen LogP contribution in [-0.4, -0.2) is 13.1 Å². The minimum absolute atomic E-state index is 0.000179. The number of benzene rings is 1. The summed E-state index contributed by atoms with van der Waals surface area (Å²) >= 11 is 0. The molecule has 0 saturated carbocycles. The van der Waals surface area contributed by atoms with Crippen molar-refractivity contribution in [2.45, 2.75) is 26.7 Å². The first-order valence-corrected chi connectivity index (χ1v) is 5.53. The normalized spacial score (nSPS) is 9.72. The average molecular weight is 242 g/mol. The van der Waals surface area contributed by atoms with Crippen molar-refractivity contribution in [3.8, 4) is 12.1 Å². The molecule has 0 amide bonds. The number of nitriles is 2. The number of hydrogen-bond donors (Lipinski definition) is 0. The first kappa shape index (κ1) is 13.7. The van der Waals surface area contributed by atoms with E-state index >= 15 is 0 Å². The molecule has 0 aliphatic carbocycles. The highest BCUT2D eigenvalue weighted by molar-refractivity contribution is 5.93. The number of ether oxygens (including phenoxy) is 1. The van der Waals surface area contributed by atoms with E-state index in [0.29, 0.717) is 27.8 Å². The van der Waals surface area contributed by atoms with E-state index in [1.165, 1.54) is 13.2 Å². The lowest BCUT2D eigenvalue weighted by Gasteiger charge is -2.16. The van der Waals surface area contributed by atoms with Crippen molar-refractivity contribution in [3.05, 3.63) is 33.9 Å². The van der Waals surface area contributed by atoms with E-state index in [4.69, 9.17) is 10.00 Å². The molecule has 0 aromatic heterocycles. The van der Waals surface area contributed by atoms with Crippen molar-refractivity contribution >= 4 is 5.97 Å². The number of carbonyl (C=O) groups excluding carboxylic acids is 1. The van der Waals surface area contributed by atoms with E-state index in [1.807, 2.05) is 19.9 Å². The van der Waals surface area contributed by atoms with E-state index in [-0.39, 0.29) is 5.92 Å². The Morgan fingerprint density at radius 2 is 1.94 bits per heavy atom. The van der Waals surface area contributed by atoms with Crippen molar-refractivity contribution in [2.24, 2.45) is 0 Å². The van der Waals surface area contributed by atoms with Gasteiger partial charge in [-0.1, -0.05) is 13.8 Å². The van der Waals surface area contributed by atoms with Crippen LogP contribution in [0.2, 0.25) is 0 Å². The van der Waals surface area contributed by atoms with Gasteiger partial charge in [0.15, 0.2) is 0 Å². The Balaban J connectivity index is 3.76. The van der Waals surface area contributed by atoms with Gasteiger partial charge < -0.3 is 4.74 Å². The smallest absolute Gasteiger partial charge is 0.338 e. The van der Waals surface area contributed by atoms with Crippen LogP contribution >= 0.6 is 0 Å². The van der Waals surface area contributed by atoms with Crippen LogP contribution in [0.15, 0.2) is 6.07 Å². The van der Waals surface area contributed by atoms with Gasteiger partial charge in [-0.2, -0.15) is 10.5 Å². The Morgan fingerprint density at radius 1 is 1.33 bits per heavy atom. The quantitative estimate of drug-likeness (QED) is 0.747. The first-order chi connectivity index (χ1) is 8.47. The summed E-state index contributed by atoms with van der Waals surface area (Å²) in [6.07, 6.45) is 0. The summed E-state index contributed by atoms with van der Waals surface area (Å²) < 4.78 is 4.71. The molecule has 1 aromatic rings. The molecule has 92 valence electrons. The van der Waals surface area contributed by atoms with Gasteiger partial charge in [0.1, 0.15) is 0 Å². The summed E-state index contributed by atoms with van der Waals surface area (Å²) in [5, 5.41) is 18.3. The van der Waals surface area contributed by atoms with E-state index in [1.54, 1.807) is 6.92 Å². The molecule has 0 spiro atoms. The monoisotopic (exact) mass is 242 g/mol. The largest absolute Gasteiger partial charge is 0.465 e. The van der Waals surface area contributed by atoms with Gasteiger partial charge in [0.2, 0.25) is 0 Å². The fourth-order valence-corrected chi connectivity index (χ4v) is 1.94. The zero-order chi connectivity index (χ0) is 13.9. The molecule has 0 atom stereocenters. The fourth-order valence-electron chi connectivity index (χ4n) is 1.94. The van der Waals surface area contributed by atoms with E-state index < -0.39 is 5.97 Å². The lowest BCUT2D eigenvalue weighted by atomic mass is 9.87. The fraction of sp³-hybridized carbons (Fsp3) is 0.357. The zero-order valence-electron chi connectivity index (χ0n) is 10.9. The van der Waals surface area contributed by atoms with Crippen molar-refractivity contribution < 1.29 is 9.53 Å². The van der Waals surface area contributed by atoms with Gasteiger partial charge in [-0.25, -0.2) is 4.79 Å². The van der Waals surface area contributed by atoms with Crippen LogP contribution < -0.4 is 0 Å². The standard InChI is InChI=1S/C14H14N2O2/c1-8(2)13-11(14(17)18-4)5-10(6-15)9(3)12(13)7-16/h5,8H,1-4H3. The molecule has 4 heteroatoms. The third-order valence-electron chi connectivity index (χ3n) is 2.84. The molecule has 0 radical (unpaired) electrons. The maximum Gasteiger partial charge on any atom is 0.338 e. The Bertz CT molecular complexity index is 575. The minimum atomic E-state index is -0.522. The lowest BCUT2D eigenvalue weighted by molar-refractivity contribution is 0.0599. The van der Waals surface area contributed by atoms with E-state index in [2.05, 4.69) is 6.07 Å². The second kappa shape index (κ2) is 5.33. The van der Waals surface area contributed by atoms with Gasteiger partial charge in [-0.15, -0.1) is 0 Å². The third kappa shape index (κ3) is 2.19. The predicted molar refractivity (Wildman–Crippen MR) is 66.0 cm³/mol. The molecule has 1 rings (SSSR count). The number of hydrogen-bond acceptors (Lipinski definition) is 4. The molecular formula is C14H14N2O2. The second-order valence-electron chi connectivity index (χ2n) is 4.26. The molecule has 0 saturated heterocycles. The summed E-state index contributed by atoms with van der Waals surface area (Å²) in [4.78, 5) is 11.7. The van der Waals surface area contributed by atoms with Crippen molar-refractivity contribution in [3.63, 3.8) is 0 Å². The Labute approximate surface area is 106 Å². The van der Waals surface area contributed by atoms with Crippen LogP contribution in [0.5, 0.6) is 0 Å². The Kier molecular flexibility index (Phi) is 4.07. The van der Waals surface area contributed by atoms with Crippen molar-refractivity contribution in [2.75, 3.05) is 7.11 Å². The highest BCUT2D eigenvalue weighted by atomic mass is 16.5. The van der Waals surface area contributed by atoms with Crippen LogP contribution in [0.3, 0.4) is 0 Å². The Hall–Kier alpha value is -2.33. The van der Waals surface area contributed by atoms with Gasteiger partial charge in [-0.3, -0.25) is 0 Å². The van der Waals surface area contributed by atoms with Gasteiger partial charge in [0.25, 0.3) is 0 Å². The molecular weight excluding hydrogens is 228 g/mol. The molecule has 0 heterocycles. The molecule has 0 unspecified atom stereocenters. The summed E-state index contributed by atoms with van der Waals surface area (Å²) in [6, 6.07) is 5.57. The van der Waals surface area contributed by atoms with Crippen molar-refractivity contribution in [1.82, 2.24) is 0 Å². The number of rotatable bonds is 2. The van der Waals surface area contributed by atoms with E-state index in [9.17, 15) is 10.1 Å². The topological polar surface area (TPSA) is 73.9 Å². The highest BCUT2D eigenvalue weighted by Gasteiger charge is 2.22. The number of esters is 1. The lowest BCUT2D eigenvalue weighted by Crippen LogP contribution is -2.11. The minimum Gasteiger partial charge on any atom is -0.465 e. The summed E-state index contributed by atoms with van der Waals surface area (Å²) in [6.45, 7) is 5.51. The third-order valence-corrected chi connectivity index (χ3v) is 2.84. The van der Waals surface area contributed by atoms with E-state index in [0.717, 1.165) is 0 Å². The van der Waals surface area contributed by atoms with Crippen LogP contribution in [0.1, 0.15) is 52.4 Å². The van der Waals surface area contributed by atoms with Crippen LogP contribution in [0.4, 0.5) is 0 Å². The summed E-state index contributed by atoms with van der Waals surface area (Å²) in [7, 11) is 1.28. The first-order valence-electron chi connectivity index (χ1n) is 5.53. The van der Waals surface area contributed by atoms with Crippen LogP contribution in [0, 0.1) is 29.6 Å². The maximum atomic E-state index is 11.7. The molecule has 0 fully saturated rings. The molecule has 0 N–H and O–H groups in total. The molecule has 18 heavy (non-hydrogen) atoms. The summed E-state index contributed by atoms with van der Waals surface area (Å²) in [5.74, 6) is -0.521. The molecule has 0 bridgehead atoms. The van der Waals surface area contributed by atoms with Gasteiger partial charge in [-0.05, 0) is 30.0 Å². The van der Waals surface area contributed by atoms with Crippen molar-refractivity contribution in [1.29, 1.82) is 10.5 Å². The van der Waals surface area contributed by atoms with Gasteiger partial charge in [0, 0.05) is 0 Å². The number of methoxy groups -OCH3 is 1. The second-order valence-corrected chi connectivity index (χ2v) is 4.26. The average Bonchev–Trinajstić information content (AvgIpc) is 2.36. The molecule has 0 aliphatic rings. The number of carbonyl (C=O) groups is 1. The zero-order valence-corrected chi connectivity index (χ0v) is 10.9. The SMILES string of the molecule is COC(=O)c1cc(C#N)c(C)c(C#N)c1C(C)C. The summed E-state index contributed by atoms with van der Waals surface area (Å²) in [5.41, 5.74) is 2.27. The van der Waals surface area contributed by atoms with Gasteiger partial charge in [0.05, 0.1) is 35.9 Å². The van der Waals surface area contributed by atoms with Crippen LogP contribution in [0.25, 0.3) is 0 Å². The molecule has 1 aromatic carbocycles. The number of nitrogens with zero attached hydrogens (tertiary/aromatic N) is 2. The predicted octanol–water partition coefficient (Wildman–Crippen LogP) is 2.65. The van der Waals surface area contributed by atoms with Gasteiger partial charge >= 0.3 is 5.97 Å². The van der Waals surface area contributed by atoms with Crippen LogP contribution in [-0.2, 0) is 4.74 Å². The highest BCUT2D eigenvalue weighted by Crippen LogP contribution is 2.29. The molecule has 4 nitrogen and oxygen atoms in total. The Morgan fingerprint density at radius 3 is 2.33 bits per heavy atom. The maximum absolute atomic E-state index is 11.7. The molecule has 0 aliphatic heterocycles.